The monoisotopic (exact) mass is 273 g/mol. The van der Waals surface area contributed by atoms with Crippen LogP contribution in [-0.4, -0.2) is 19.2 Å². The molecule has 1 atom stereocenters. The van der Waals surface area contributed by atoms with Crippen molar-refractivity contribution in [1.29, 1.82) is 0 Å². The summed E-state index contributed by atoms with van der Waals surface area (Å²) in [6.45, 7) is 8.51. The number of rotatable bonds is 6. The standard InChI is InChI=1S/C18H27NO/c1-4-9-19-18(17-6-5-10-20-13-17)12-16-8-7-14(2)15(3)11-16/h7-8,11,13,18-19H,4-6,9-10,12H2,1-3H3. The van der Waals surface area contributed by atoms with Crippen molar-refractivity contribution in [2.45, 2.75) is 52.5 Å². The number of hydrogen-bond donors (Lipinski definition) is 1. The van der Waals surface area contributed by atoms with Gasteiger partial charge in [0, 0.05) is 6.04 Å². The van der Waals surface area contributed by atoms with Gasteiger partial charge >= 0.3 is 0 Å². The molecule has 1 aliphatic rings. The Bertz CT molecular complexity index is 464. The number of aryl methyl sites for hydroxylation is 2. The second-order valence-corrected chi connectivity index (χ2v) is 5.80. The van der Waals surface area contributed by atoms with Crippen LogP contribution in [0.15, 0.2) is 30.0 Å². The lowest BCUT2D eigenvalue weighted by Crippen LogP contribution is -2.34. The predicted molar refractivity (Wildman–Crippen MR) is 85.0 cm³/mol. The number of hydrogen-bond acceptors (Lipinski definition) is 2. The summed E-state index contributed by atoms with van der Waals surface area (Å²) < 4.78 is 5.52. The summed E-state index contributed by atoms with van der Waals surface area (Å²) in [7, 11) is 0. The van der Waals surface area contributed by atoms with Crippen molar-refractivity contribution in [1.82, 2.24) is 5.32 Å². The minimum absolute atomic E-state index is 0.414. The number of ether oxygens (including phenoxy) is 1. The highest BCUT2D eigenvalue weighted by Gasteiger charge is 2.17. The van der Waals surface area contributed by atoms with Crippen LogP contribution in [0.3, 0.4) is 0 Å². The summed E-state index contributed by atoms with van der Waals surface area (Å²) in [5.74, 6) is 0. The van der Waals surface area contributed by atoms with E-state index in [0.29, 0.717) is 6.04 Å². The van der Waals surface area contributed by atoms with E-state index >= 15 is 0 Å². The summed E-state index contributed by atoms with van der Waals surface area (Å²) in [5, 5.41) is 3.67. The summed E-state index contributed by atoms with van der Waals surface area (Å²) in [4.78, 5) is 0. The molecule has 1 heterocycles. The van der Waals surface area contributed by atoms with Crippen LogP contribution in [0.4, 0.5) is 0 Å². The van der Waals surface area contributed by atoms with Crippen molar-refractivity contribution in [3.8, 4) is 0 Å². The lowest BCUT2D eigenvalue weighted by molar-refractivity contribution is 0.219. The van der Waals surface area contributed by atoms with Crippen molar-refractivity contribution < 1.29 is 4.74 Å². The van der Waals surface area contributed by atoms with E-state index in [4.69, 9.17) is 4.74 Å². The molecule has 0 radical (unpaired) electrons. The van der Waals surface area contributed by atoms with Gasteiger partial charge in [-0.3, -0.25) is 0 Å². The Kier molecular flexibility index (Phi) is 5.66. The Labute approximate surface area is 123 Å². The minimum Gasteiger partial charge on any atom is -0.501 e. The highest BCUT2D eigenvalue weighted by Crippen LogP contribution is 2.20. The van der Waals surface area contributed by atoms with Crippen LogP contribution in [0.5, 0.6) is 0 Å². The molecule has 0 fully saturated rings. The molecule has 110 valence electrons. The molecule has 1 aliphatic heterocycles. The van der Waals surface area contributed by atoms with E-state index in [0.717, 1.165) is 38.8 Å². The average molecular weight is 273 g/mol. The van der Waals surface area contributed by atoms with Gasteiger partial charge in [0.15, 0.2) is 0 Å². The maximum absolute atomic E-state index is 5.52. The Morgan fingerprint density at radius 1 is 1.25 bits per heavy atom. The molecule has 0 aliphatic carbocycles. The highest BCUT2D eigenvalue weighted by atomic mass is 16.5. The summed E-state index contributed by atoms with van der Waals surface area (Å²) in [6, 6.07) is 7.22. The van der Waals surface area contributed by atoms with Gasteiger partial charge in [-0.1, -0.05) is 25.1 Å². The molecule has 0 spiro atoms. The van der Waals surface area contributed by atoms with Crippen molar-refractivity contribution in [2.75, 3.05) is 13.2 Å². The van der Waals surface area contributed by atoms with Crippen LogP contribution in [-0.2, 0) is 11.2 Å². The zero-order valence-corrected chi connectivity index (χ0v) is 13.0. The van der Waals surface area contributed by atoms with Gasteiger partial charge in [0.25, 0.3) is 0 Å². The van der Waals surface area contributed by atoms with E-state index in [1.54, 1.807) is 0 Å². The van der Waals surface area contributed by atoms with E-state index in [1.165, 1.54) is 22.3 Å². The molecular weight excluding hydrogens is 246 g/mol. The molecule has 0 saturated carbocycles. The molecule has 2 heteroatoms. The van der Waals surface area contributed by atoms with Gasteiger partial charge in [-0.15, -0.1) is 0 Å². The first-order valence-electron chi connectivity index (χ1n) is 7.80. The zero-order chi connectivity index (χ0) is 14.4. The van der Waals surface area contributed by atoms with Crippen LogP contribution in [0.25, 0.3) is 0 Å². The molecular formula is C18H27NO. The number of nitrogens with one attached hydrogen (secondary N) is 1. The molecule has 1 aromatic rings. The van der Waals surface area contributed by atoms with Crippen LogP contribution >= 0.6 is 0 Å². The van der Waals surface area contributed by atoms with Gasteiger partial charge in [-0.2, -0.15) is 0 Å². The fraction of sp³-hybridized carbons (Fsp3) is 0.556. The summed E-state index contributed by atoms with van der Waals surface area (Å²) in [6.07, 6.45) is 6.50. The van der Waals surface area contributed by atoms with Crippen LogP contribution < -0.4 is 5.32 Å². The lowest BCUT2D eigenvalue weighted by atomic mass is 9.94. The van der Waals surface area contributed by atoms with Gasteiger partial charge < -0.3 is 10.1 Å². The second kappa shape index (κ2) is 7.49. The second-order valence-electron chi connectivity index (χ2n) is 5.80. The first-order valence-corrected chi connectivity index (χ1v) is 7.80. The van der Waals surface area contributed by atoms with Gasteiger partial charge in [0.2, 0.25) is 0 Å². The first kappa shape index (κ1) is 15.1. The first-order chi connectivity index (χ1) is 9.70. The maximum Gasteiger partial charge on any atom is 0.0876 e. The Morgan fingerprint density at radius 3 is 2.75 bits per heavy atom. The summed E-state index contributed by atoms with van der Waals surface area (Å²) >= 11 is 0. The van der Waals surface area contributed by atoms with Crippen LogP contribution in [0, 0.1) is 13.8 Å². The van der Waals surface area contributed by atoms with Crippen LogP contribution in [0.1, 0.15) is 42.9 Å². The quantitative estimate of drug-likeness (QED) is 0.848. The zero-order valence-electron chi connectivity index (χ0n) is 13.0. The third-order valence-electron chi connectivity index (χ3n) is 4.06. The Balaban J connectivity index is 2.09. The van der Waals surface area contributed by atoms with E-state index < -0.39 is 0 Å². The lowest BCUT2D eigenvalue weighted by Gasteiger charge is -2.24. The fourth-order valence-corrected chi connectivity index (χ4v) is 2.66. The molecule has 0 bridgehead atoms. The van der Waals surface area contributed by atoms with E-state index in [2.05, 4.69) is 44.3 Å². The van der Waals surface area contributed by atoms with Gasteiger partial charge in [-0.05, 0) is 68.3 Å². The smallest absolute Gasteiger partial charge is 0.0876 e. The molecule has 1 unspecified atom stereocenters. The molecule has 1 aromatic carbocycles. The van der Waals surface area contributed by atoms with E-state index in [9.17, 15) is 0 Å². The van der Waals surface area contributed by atoms with Crippen LogP contribution in [0.2, 0.25) is 0 Å². The topological polar surface area (TPSA) is 21.3 Å². The molecule has 0 saturated heterocycles. The van der Waals surface area contributed by atoms with Gasteiger partial charge in [-0.25, -0.2) is 0 Å². The highest BCUT2D eigenvalue weighted by molar-refractivity contribution is 5.31. The molecule has 0 aromatic heterocycles. The van der Waals surface area contributed by atoms with Gasteiger partial charge in [0.1, 0.15) is 0 Å². The molecule has 1 N–H and O–H groups in total. The van der Waals surface area contributed by atoms with Crippen molar-refractivity contribution in [3.05, 3.63) is 46.7 Å². The predicted octanol–water partition coefficient (Wildman–Crippen LogP) is 3.91. The summed E-state index contributed by atoms with van der Waals surface area (Å²) in [5.41, 5.74) is 5.58. The normalized spacial score (nSPS) is 16.4. The fourth-order valence-electron chi connectivity index (χ4n) is 2.66. The SMILES string of the molecule is CCCNC(Cc1ccc(C)c(C)c1)C1=COCCC1. The Hall–Kier alpha value is -1.28. The maximum atomic E-state index is 5.52. The minimum atomic E-state index is 0.414. The van der Waals surface area contributed by atoms with E-state index in [1.807, 2.05) is 6.26 Å². The molecule has 2 rings (SSSR count). The molecule has 20 heavy (non-hydrogen) atoms. The average Bonchev–Trinajstić information content (AvgIpc) is 2.48. The van der Waals surface area contributed by atoms with Gasteiger partial charge in [0.05, 0.1) is 12.9 Å². The third kappa shape index (κ3) is 4.11. The Morgan fingerprint density at radius 2 is 2.10 bits per heavy atom. The molecule has 0 amide bonds. The third-order valence-corrected chi connectivity index (χ3v) is 4.06. The van der Waals surface area contributed by atoms with Crippen molar-refractivity contribution in [3.63, 3.8) is 0 Å². The molecule has 2 nitrogen and oxygen atoms in total. The largest absolute Gasteiger partial charge is 0.501 e. The van der Waals surface area contributed by atoms with Crippen molar-refractivity contribution >= 4 is 0 Å². The van der Waals surface area contributed by atoms with Crippen molar-refractivity contribution in [2.24, 2.45) is 0 Å². The number of benzene rings is 1. The van der Waals surface area contributed by atoms with E-state index in [-0.39, 0.29) is 0 Å².